The van der Waals surface area contributed by atoms with E-state index >= 15 is 0 Å². The van der Waals surface area contributed by atoms with Crippen LogP contribution in [0.3, 0.4) is 0 Å². The van der Waals surface area contributed by atoms with Crippen LogP contribution >= 0.6 is 0 Å². The van der Waals surface area contributed by atoms with Gasteiger partial charge in [-0.05, 0) is 0 Å². The minimum absolute atomic E-state index is 0. The van der Waals surface area contributed by atoms with Gasteiger partial charge in [0.25, 0.3) is 0 Å². The van der Waals surface area contributed by atoms with Gasteiger partial charge in [0.05, 0.1) is 0 Å². The van der Waals surface area contributed by atoms with Gasteiger partial charge in [0, 0.05) is 0 Å². The Morgan fingerprint density at radius 3 is 0.511 bits per heavy atom. The fraction of sp³-hybridized carbons (Fsp3) is 0. The third kappa shape index (κ3) is 8.47. The molecule has 45 heavy (non-hydrogen) atoms. The van der Waals surface area contributed by atoms with Crippen molar-refractivity contribution in [1.82, 2.24) is 12.3 Å². The molecule has 6 saturated heterocycles. The number of hydrogen-bond acceptors (Lipinski definition) is 24. The summed E-state index contributed by atoms with van der Waals surface area (Å²) in [6.07, 6.45) is 0. The summed E-state index contributed by atoms with van der Waals surface area (Å²) in [6.45, 7) is -23.6. The Bertz CT molecular complexity index is 709. The van der Waals surface area contributed by atoms with Crippen LogP contribution in [0, 0.1) is 0 Å². The number of hydrogen-bond donors (Lipinski definition) is 14. The molecule has 0 amide bonds. The zero-order chi connectivity index (χ0) is 28.1. The summed E-state index contributed by atoms with van der Waals surface area (Å²) in [5.41, 5.74) is 0. The van der Waals surface area contributed by atoms with Crippen molar-refractivity contribution < 1.29 is 165 Å². The second kappa shape index (κ2) is 15.8. The van der Waals surface area contributed by atoms with Gasteiger partial charge in [0.1, 0.15) is 0 Å². The SMILES string of the molecule is O.O.OB1O[B-]2(O)OB(O)O[B-]3(O)OB(O)O[B-](O)(O1)[O+]23.OB1O[B-]2(O)OB(O)O[B-]3(O)OB(O)O[B-](O)(O1)[O+]23.[NH4+].[NH4+].[OH3+].[OH3+].[Zn+2]. The maximum absolute atomic E-state index is 9.95. The molecule has 0 aromatic carbocycles. The van der Waals surface area contributed by atoms with Crippen molar-refractivity contribution in [2.24, 2.45) is 0 Å². The van der Waals surface area contributed by atoms with Crippen molar-refractivity contribution in [2.75, 3.05) is 0 Å². The molecule has 45 heteroatoms. The van der Waals surface area contributed by atoms with Crippen LogP contribution in [0.5, 0.6) is 0 Å². The van der Waals surface area contributed by atoms with E-state index in [4.69, 9.17) is 0 Å². The smallest absolute Gasteiger partial charge is 0.981 e. The molecular weight excluding hydrogens is 703 g/mol. The molecule has 256 valence electrons. The van der Waals surface area contributed by atoms with E-state index in [1.54, 1.807) is 0 Å². The fourth-order valence-corrected chi connectivity index (χ4v) is 4.22. The molecule has 0 aliphatic carbocycles. The predicted molar refractivity (Wildman–Crippen MR) is 140 cm³/mol. The van der Waals surface area contributed by atoms with Crippen molar-refractivity contribution >= 4 is 85.7 Å². The van der Waals surface area contributed by atoms with Crippen molar-refractivity contribution in [3.8, 4) is 0 Å². The van der Waals surface area contributed by atoms with Crippen LogP contribution < -0.4 is 12.3 Å². The van der Waals surface area contributed by atoms with Crippen LogP contribution in [0.15, 0.2) is 0 Å². The molecule has 6 fully saturated rings. The van der Waals surface area contributed by atoms with Gasteiger partial charge in [-0.3, -0.25) is 0 Å². The zero-order valence-corrected chi connectivity index (χ0v) is 25.8. The Morgan fingerprint density at radius 2 is 0.422 bits per heavy atom. The molecule has 0 unspecified atom stereocenters. The average Bonchev–Trinajstić information content (AvgIpc) is 2.60. The van der Waals surface area contributed by atoms with E-state index in [2.05, 4.69) is 54.9 Å². The minimum atomic E-state index is -3.93. The molecule has 6 aliphatic rings. The van der Waals surface area contributed by atoms with Crippen LogP contribution in [-0.2, 0) is 93.5 Å². The Hall–Kier alpha value is 0.123. The Balaban J connectivity index is -0.000000678. The summed E-state index contributed by atoms with van der Waals surface area (Å²) in [4.78, 5) is 0. The first-order chi connectivity index (χ1) is 17.3. The van der Waals surface area contributed by atoms with Gasteiger partial charge in [-0.25, -0.2) is 0 Å². The first-order valence-corrected chi connectivity index (χ1v) is 10.2. The zero-order valence-electron chi connectivity index (χ0n) is 22.9. The van der Waals surface area contributed by atoms with Crippen molar-refractivity contribution in [2.45, 2.75) is 0 Å². The van der Waals surface area contributed by atoms with E-state index in [9.17, 15) is 60.3 Å². The van der Waals surface area contributed by atoms with Gasteiger partial charge < -0.3 is 158 Å². The quantitative estimate of drug-likeness (QED) is 0.0811. The van der Waals surface area contributed by atoms with E-state index in [1.807, 2.05) is 0 Å². The first-order valence-electron chi connectivity index (χ1n) is 10.2. The topological polar surface area (TPSA) is 561 Å². The molecule has 6 aliphatic heterocycles. The van der Waals surface area contributed by atoms with Gasteiger partial charge in [-0.15, -0.1) is 0 Å². The number of quaternary nitrogens is 2. The molecule has 0 saturated carbocycles. The monoisotopic (exact) mass is 734 g/mol. The van der Waals surface area contributed by atoms with Crippen molar-refractivity contribution in [3.63, 3.8) is 0 Å². The maximum atomic E-state index is 9.95. The summed E-state index contributed by atoms with van der Waals surface area (Å²) in [5.74, 6) is 0. The van der Waals surface area contributed by atoms with Gasteiger partial charge in [0.2, 0.25) is 0 Å². The Morgan fingerprint density at radius 1 is 0.333 bits per heavy atom. The molecule has 0 spiro atoms. The predicted octanol–water partition coefficient (Wildman–Crippen LogP) is -15.0. The summed E-state index contributed by atoms with van der Waals surface area (Å²) in [6, 6.07) is 0. The normalized spacial score (nSPS) is 40.0. The maximum Gasteiger partial charge on any atom is 2.00 e. The Labute approximate surface area is 263 Å². The molecule has 0 radical (unpaired) electrons. The van der Waals surface area contributed by atoms with Gasteiger partial charge in [-0.1, -0.05) is 0 Å². The van der Waals surface area contributed by atoms with E-state index in [1.165, 1.54) is 0 Å². The van der Waals surface area contributed by atoms with Crippen LogP contribution in [0.25, 0.3) is 0 Å². The summed E-state index contributed by atoms with van der Waals surface area (Å²) < 4.78 is 54.9. The van der Waals surface area contributed by atoms with E-state index in [0.29, 0.717) is 0 Å². The van der Waals surface area contributed by atoms with Crippen LogP contribution in [0.4, 0.5) is 0 Å². The molecule has 0 aromatic heterocycles. The largest absolute Gasteiger partial charge is 2.00 e. The van der Waals surface area contributed by atoms with E-state index in [-0.39, 0.29) is 53.7 Å². The van der Waals surface area contributed by atoms with E-state index in [0.717, 1.165) is 8.24 Å². The van der Waals surface area contributed by atoms with Crippen molar-refractivity contribution in [1.29, 1.82) is 0 Å². The molecule has 6 heterocycles. The molecule has 0 atom stereocenters. The molecule has 0 bridgehead atoms. The first kappa shape index (κ1) is 49.5. The molecular formula is H30B12N2O30Zn+2. The number of rotatable bonds is 0. The van der Waals surface area contributed by atoms with E-state index < -0.39 is 85.7 Å². The summed E-state index contributed by atoms with van der Waals surface area (Å²) in [7, 11) is -13.5. The Kier molecular flexibility index (Phi) is 17.4. The van der Waals surface area contributed by atoms with Crippen LogP contribution in [-0.4, -0.2) is 157 Å². The van der Waals surface area contributed by atoms with Gasteiger partial charge in [-0.2, -0.15) is 0 Å². The van der Waals surface area contributed by atoms with Crippen LogP contribution in [0.2, 0.25) is 0 Å². The fourth-order valence-electron chi connectivity index (χ4n) is 4.22. The molecule has 6 rings (SSSR count). The van der Waals surface area contributed by atoms with Crippen molar-refractivity contribution in [3.05, 3.63) is 0 Å². The summed E-state index contributed by atoms with van der Waals surface area (Å²) in [5, 5.41) is 115. The van der Waals surface area contributed by atoms with Crippen LogP contribution in [0.1, 0.15) is 0 Å². The second-order valence-corrected chi connectivity index (χ2v) is 7.92. The molecule has 0 aromatic rings. The standard InChI is InChI=1S/2B6H6O13.2H3N.4H2O.Zn/c2*7-1-13-4(10)15-2(8)17-6(12)18-3(9)16-5(11,14-1)19(4)6;;;;;;;/h2*7-12H;2*1H3;4*1H2;/q2*-2;;;;;;;+2/p+4. The van der Waals surface area contributed by atoms with Gasteiger partial charge >= 0.3 is 105 Å². The summed E-state index contributed by atoms with van der Waals surface area (Å²) >= 11 is 0. The average molecular weight is 733 g/mol. The third-order valence-electron chi connectivity index (χ3n) is 5.52. The third-order valence-corrected chi connectivity index (χ3v) is 5.52. The minimum Gasteiger partial charge on any atom is -0.981 e. The second-order valence-electron chi connectivity index (χ2n) is 7.92. The van der Waals surface area contributed by atoms with Gasteiger partial charge in [0.15, 0.2) is 0 Å². The molecule has 32 nitrogen and oxygen atoms in total. The molecule has 30 N–H and O–H groups in total.